The summed E-state index contributed by atoms with van der Waals surface area (Å²) < 4.78 is 22.8. The molecule has 0 fully saturated rings. The Morgan fingerprint density at radius 3 is 1.68 bits per heavy atom. The maximum absolute atomic E-state index is 12.0. The van der Waals surface area contributed by atoms with Crippen LogP contribution < -0.4 is 9.05 Å². The maximum atomic E-state index is 12.0. The van der Waals surface area contributed by atoms with E-state index in [1.54, 1.807) is 12.1 Å². The molecule has 2 aromatic rings. The summed E-state index contributed by atoms with van der Waals surface area (Å²) in [7, 11) is -2.23. The monoisotopic (exact) mass is 317 g/mol. The second kappa shape index (κ2) is 8.55. The Morgan fingerprint density at radius 2 is 1.27 bits per heavy atom. The van der Waals surface area contributed by atoms with Crippen molar-refractivity contribution in [2.24, 2.45) is 0 Å². The van der Waals surface area contributed by atoms with Crippen molar-refractivity contribution in [1.82, 2.24) is 0 Å². The minimum Gasteiger partial charge on any atom is -0.222 e. The van der Waals surface area contributed by atoms with Crippen LogP contribution in [-0.4, -0.2) is 0 Å². The van der Waals surface area contributed by atoms with Gasteiger partial charge in [-0.3, -0.25) is 0 Å². The average Bonchev–Trinajstić information content (AvgIpc) is 2.48. The van der Waals surface area contributed by atoms with E-state index in [-0.39, 0.29) is 0 Å². The molecule has 2 rings (SSSR count). The van der Waals surface area contributed by atoms with Crippen molar-refractivity contribution in [2.45, 2.75) is 39.5 Å². The van der Waals surface area contributed by atoms with Gasteiger partial charge in [0.15, 0.2) is 11.5 Å². The molecular weight excluding hydrogens is 295 g/mol. The van der Waals surface area contributed by atoms with E-state index in [1.165, 1.54) is 11.1 Å². The Hall–Kier alpha value is -1.86. The standard InChI is InChI=1S/C18H22O3P/c1-3-7-15-9-5-11-17(13-15)20-22(19)21-18-12-6-10-16(14-18)8-4-2/h5-6,9-14H,3-4,7-8H2,1-2H3/q+1. The largest absolute Gasteiger partial charge is 0.805 e. The van der Waals surface area contributed by atoms with Gasteiger partial charge in [-0.15, -0.1) is 0 Å². The molecule has 0 heterocycles. The second-order valence-electron chi connectivity index (χ2n) is 5.20. The predicted molar refractivity (Wildman–Crippen MR) is 89.7 cm³/mol. The molecule has 0 saturated heterocycles. The topological polar surface area (TPSA) is 35.5 Å². The van der Waals surface area contributed by atoms with Gasteiger partial charge in [-0.2, -0.15) is 0 Å². The van der Waals surface area contributed by atoms with E-state index in [2.05, 4.69) is 13.8 Å². The Morgan fingerprint density at radius 1 is 0.818 bits per heavy atom. The van der Waals surface area contributed by atoms with Crippen molar-refractivity contribution in [3.8, 4) is 11.5 Å². The van der Waals surface area contributed by atoms with Gasteiger partial charge in [0.1, 0.15) is 0 Å². The summed E-state index contributed by atoms with van der Waals surface area (Å²) in [6.45, 7) is 4.25. The van der Waals surface area contributed by atoms with Gasteiger partial charge < -0.3 is 0 Å². The summed E-state index contributed by atoms with van der Waals surface area (Å²) in [6.07, 6.45) is 4.09. The Balaban J connectivity index is 1.97. The zero-order chi connectivity index (χ0) is 15.8. The smallest absolute Gasteiger partial charge is 0.222 e. The number of rotatable bonds is 8. The molecule has 4 heteroatoms. The molecule has 0 unspecified atom stereocenters. The molecular formula is C18H22O3P+. The lowest BCUT2D eigenvalue weighted by atomic mass is 10.1. The molecule has 0 N–H and O–H groups in total. The van der Waals surface area contributed by atoms with Gasteiger partial charge in [-0.25, -0.2) is 9.05 Å². The summed E-state index contributed by atoms with van der Waals surface area (Å²) in [5.74, 6) is 1.16. The van der Waals surface area contributed by atoms with Crippen molar-refractivity contribution < 1.29 is 13.6 Å². The lowest BCUT2D eigenvalue weighted by Crippen LogP contribution is -1.91. The van der Waals surface area contributed by atoms with E-state index in [0.29, 0.717) is 11.5 Å². The zero-order valence-electron chi connectivity index (χ0n) is 13.1. The van der Waals surface area contributed by atoms with Crippen molar-refractivity contribution in [1.29, 1.82) is 0 Å². The number of hydrogen-bond donors (Lipinski definition) is 0. The fourth-order valence-electron chi connectivity index (χ4n) is 2.28. The summed E-state index contributed by atoms with van der Waals surface area (Å²) in [6, 6.07) is 15.3. The molecule has 0 spiro atoms. The Bertz CT molecular complexity index is 572. The van der Waals surface area contributed by atoms with E-state index in [9.17, 15) is 4.57 Å². The van der Waals surface area contributed by atoms with E-state index in [1.807, 2.05) is 36.4 Å². The van der Waals surface area contributed by atoms with Gasteiger partial charge in [0.05, 0.1) is 0 Å². The highest BCUT2D eigenvalue weighted by Crippen LogP contribution is 2.31. The first-order valence-corrected chi connectivity index (χ1v) is 8.82. The number of hydrogen-bond acceptors (Lipinski definition) is 3. The van der Waals surface area contributed by atoms with Gasteiger partial charge in [0, 0.05) is 4.57 Å². The lowest BCUT2D eigenvalue weighted by molar-refractivity contribution is 0.415. The van der Waals surface area contributed by atoms with Crippen molar-refractivity contribution in [3.05, 3.63) is 59.7 Å². The first kappa shape index (κ1) is 16.5. The van der Waals surface area contributed by atoms with Gasteiger partial charge >= 0.3 is 8.25 Å². The first-order valence-electron chi connectivity index (χ1n) is 7.72. The van der Waals surface area contributed by atoms with Crippen LogP contribution in [0.25, 0.3) is 0 Å². The molecule has 0 aliphatic rings. The van der Waals surface area contributed by atoms with Crippen LogP contribution in [0.1, 0.15) is 37.8 Å². The van der Waals surface area contributed by atoms with Crippen molar-refractivity contribution in [3.63, 3.8) is 0 Å². The summed E-state index contributed by atoms with van der Waals surface area (Å²) in [5, 5.41) is 0. The van der Waals surface area contributed by atoms with Crippen molar-refractivity contribution >= 4 is 8.25 Å². The van der Waals surface area contributed by atoms with Gasteiger partial charge in [0.25, 0.3) is 0 Å². The molecule has 2 aromatic carbocycles. The minimum atomic E-state index is -2.23. The molecule has 0 aliphatic heterocycles. The lowest BCUT2D eigenvalue weighted by Gasteiger charge is -2.00. The second-order valence-corrected chi connectivity index (χ2v) is 6.01. The normalized spacial score (nSPS) is 10.3. The summed E-state index contributed by atoms with van der Waals surface area (Å²) in [5.41, 5.74) is 2.35. The summed E-state index contributed by atoms with van der Waals surface area (Å²) in [4.78, 5) is 0. The highest BCUT2D eigenvalue weighted by atomic mass is 31.1. The number of aryl methyl sites for hydroxylation is 2. The molecule has 116 valence electrons. The van der Waals surface area contributed by atoms with Crippen LogP contribution >= 0.6 is 8.25 Å². The third kappa shape index (κ3) is 5.16. The van der Waals surface area contributed by atoms with E-state index >= 15 is 0 Å². The van der Waals surface area contributed by atoms with Gasteiger partial charge in [0.2, 0.25) is 0 Å². The third-order valence-electron chi connectivity index (χ3n) is 3.23. The Labute approximate surface area is 133 Å². The van der Waals surface area contributed by atoms with Gasteiger partial charge in [-0.1, -0.05) is 51.0 Å². The molecule has 22 heavy (non-hydrogen) atoms. The number of benzene rings is 2. The first-order chi connectivity index (χ1) is 10.7. The van der Waals surface area contributed by atoms with Crippen LogP contribution in [0.4, 0.5) is 0 Å². The van der Waals surface area contributed by atoms with E-state index in [0.717, 1.165) is 25.7 Å². The highest BCUT2D eigenvalue weighted by molar-refractivity contribution is 7.34. The van der Waals surface area contributed by atoms with Gasteiger partial charge in [-0.05, 0) is 48.2 Å². The Kier molecular flexibility index (Phi) is 6.42. The summed E-state index contributed by atoms with van der Waals surface area (Å²) >= 11 is 0. The average molecular weight is 317 g/mol. The minimum absolute atomic E-state index is 0.580. The highest BCUT2D eigenvalue weighted by Gasteiger charge is 2.24. The van der Waals surface area contributed by atoms with Crippen molar-refractivity contribution in [2.75, 3.05) is 0 Å². The maximum Gasteiger partial charge on any atom is 0.805 e. The molecule has 3 nitrogen and oxygen atoms in total. The third-order valence-corrected chi connectivity index (χ3v) is 3.95. The fourth-order valence-corrected chi connectivity index (χ4v) is 2.89. The van der Waals surface area contributed by atoms with Crippen LogP contribution in [-0.2, 0) is 17.4 Å². The molecule has 0 radical (unpaired) electrons. The van der Waals surface area contributed by atoms with Crippen LogP contribution in [0.3, 0.4) is 0 Å². The molecule has 0 aliphatic carbocycles. The van der Waals surface area contributed by atoms with Crippen LogP contribution in [0.2, 0.25) is 0 Å². The van der Waals surface area contributed by atoms with Crippen LogP contribution in [0.5, 0.6) is 11.5 Å². The zero-order valence-corrected chi connectivity index (χ0v) is 14.0. The van der Waals surface area contributed by atoms with E-state index in [4.69, 9.17) is 9.05 Å². The van der Waals surface area contributed by atoms with E-state index < -0.39 is 8.25 Å². The molecule has 0 amide bonds. The SMILES string of the molecule is CCCc1cccc(O[P+](=O)Oc2cccc(CCC)c2)c1. The fraction of sp³-hybridized carbons (Fsp3) is 0.333. The molecule has 0 saturated carbocycles. The van der Waals surface area contributed by atoms with Crippen LogP contribution in [0, 0.1) is 0 Å². The molecule has 0 bridgehead atoms. The van der Waals surface area contributed by atoms with Crippen LogP contribution in [0.15, 0.2) is 48.5 Å². The quantitative estimate of drug-likeness (QED) is 0.585. The molecule has 0 aromatic heterocycles. The molecule has 0 atom stereocenters. The predicted octanol–water partition coefficient (Wildman–Crippen LogP) is 5.71.